The maximum Gasteiger partial charge on any atom is 0.151 e. The largest absolute Gasteiger partial charge is 0.374 e. The Labute approximate surface area is 188 Å². The predicted molar refractivity (Wildman–Crippen MR) is 121 cm³/mol. The average molecular weight is 433 g/mol. The fourth-order valence-electron chi connectivity index (χ4n) is 3.79. The number of aldehydes is 1. The second-order valence-corrected chi connectivity index (χ2v) is 7.80. The molecule has 3 aromatic carbocycles. The van der Waals surface area contributed by atoms with Gasteiger partial charge in [0.15, 0.2) is 6.29 Å². The lowest BCUT2D eigenvalue weighted by atomic mass is 10.1. The molecule has 0 aliphatic carbocycles. The van der Waals surface area contributed by atoms with Crippen LogP contribution in [-0.4, -0.2) is 37.3 Å². The van der Waals surface area contributed by atoms with E-state index in [1.807, 2.05) is 91.0 Å². The lowest BCUT2D eigenvalue weighted by molar-refractivity contribution is -0.124. The minimum absolute atomic E-state index is 0.309. The minimum atomic E-state index is -0.704. The number of hydrogen-bond acceptors (Lipinski definition) is 5. The molecular weight excluding hydrogens is 404 g/mol. The van der Waals surface area contributed by atoms with Crippen LogP contribution in [0.3, 0.4) is 0 Å². The van der Waals surface area contributed by atoms with E-state index in [-0.39, 0.29) is 0 Å². The van der Waals surface area contributed by atoms with Gasteiger partial charge in [0.25, 0.3) is 0 Å². The number of rotatable bonds is 11. The molecule has 0 amide bonds. The summed E-state index contributed by atoms with van der Waals surface area (Å²) in [6, 6.07) is 29.8. The molecule has 4 atom stereocenters. The van der Waals surface area contributed by atoms with Crippen molar-refractivity contribution >= 4 is 6.29 Å². The van der Waals surface area contributed by atoms with Crippen LogP contribution in [0.2, 0.25) is 0 Å². The molecule has 5 heteroatoms. The zero-order valence-corrected chi connectivity index (χ0v) is 17.9. The molecule has 1 aliphatic rings. The SMILES string of the molecule is O=C[C@@H]1O[C@@H](COCc2ccccc2)[C@@H](OCc2ccccc2)[C@H]1OCc1ccccc1. The van der Waals surface area contributed by atoms with Gasteiger partial charge in [-0.05, 0) is 16.7 Å². The topological polar surface area (TPSA) is 54.0 Å². The highest BCUT2D eigenvalue weighted by Crippen LogP contribution is 2.28. The van der Waals surface area contributed by atoms with Gasteiger partial charge in [0.05, 0.1) is 26.4 Å². The van der Waals surface area contributed by atoms with E-state index < -0.39 is 24.4 Å². The summed E-state index contributed by atoms with van der Waals surface area (Å²) in [4.78, 5) is 11.8. The molecule has 1 aliphatic heterocycles. The van der Waals surface area contributed by atoms with Crippen molar-refractivity contribution in [3.63, 3.8) is 0 Å². The molecule has 3 aromatic rings. The highest BCUT2D eigenvalue weighted by atomic mass is 16.6. The number of benzene rings is 3. The second-order valence-electron chi connectivity index (χ2n) is 7.80. The fourth-order valence-corrected chi connectivity index (χ4v) is 3.79. The summed E-state index contributed by atoms with van der Waals surface area (Å²) < 4.78 is 24.3. The summed E-state index contributed by atoms with van der Waals surface area (Å²) in [6.07, 6.45) is -1.25. The quantitative estimate of drug-likeness (QED) is 0.422. The van der Waals surface area contributed by atoms with Crippen molar-refractivity contribution < 1.29 is 23.7 Å². The molecule has 32 heavy (non-hydrogen) atoms. The molecule has 1 fully saturated rings. The number of hydrogen-bond donors (Lipinski definition) is 0. The van der Waals surface area contributed by atoms with Crippen molar-refractivity contribution in [2.24, 2.45) is 0 Å². The first-order valence-electron chi connectivity index (χ1n) is 10.9. The van der Waals surface area contributed by atoms with Gasteiger partial charge in [0, 0.05) is 0 Å². The van der Waals surface area contributed by atoms with Gasteiger partial charge in [-0.15, -0.1) is 0 Å². The molecule has 166 valence electrons. The third kappa shape index (κ3) is 6.11. The molecule has 1 heterocycles. The maximum atomic E-state index is 11.8. The highest BCUT2D eigenvalue weighted by molar-refractivity contribution is 5.58. The summed E-state index contributed by atoms with van der Waals surface area (Å²) >= 11 is 0. The summed E-state index contributed by atoms with van der Waals surface area (Å²) in [5.74, 6) is 0. The first-order chi connectivity index (χ1) is 15.8. The van der Waals surface area contributed by atoms with E-state index in [0.29, 0.717) is 26.4 Å². The number of ether oxygens (including phenoxy) is 4. The standard InChI is InChI=1S/C27H28O5/c28-16-24-26(30-18-22-12-6-2-7-13-22)27(31-19-23-14-8-3-9-15-23)25(32-24)20-29-17-21-10-4-1-5-11-21/h1-16,24-27H,17-20H2/t24-,25-,26-,27+/m0/s1. The molecule has 1 saturated heterocycles. The Morgan fingerprint density at radius 1 is 0.656 bits per heavy atom. The fraction of sp³-hybridized carbons (Fsp3) is 0.296. The van der Waals surface area contributed by atoms with E-state index in [2.05, 4.69) is 0 Å². The first kappa shape index (κ1) is 22.4. The zero-order valence-electron chi connectivity index (χ0n) is 17.9. The molecule has 0 bridgehead atoms. The molecule has 0 aromatic heterocycles. The normalized spacial score (nSPS) is 22.6. The zero-order chi connectivity index (χ0) is 22.0. The van der Waals surface area contributed by atoms with Gasteiger partial charge in [0.2, 0.25) is 0 Å². The third-order valence-corrected chi connectivity index (χ3v) is 5.44. The molecule has 0 N–H and O–H groups in total. The van der Waals surface area contributed by atoms with E-state index in [1.54, 1.807) is 0 Å². The Bertz CT molecular complexity index is 932. The van der Waals surface area contributed by atoms with Crippen LogP contribution in [0.15, 0.2) is 91.0 Å². The van der Waals surface area contributed by atoms with Crippen LogP contribution in [0.1, 0.15) is 16.7 Å². The Morgan fingerprint density at radius 2 is 1.12 bits per heavy atom. The van der Waals surface area contributed by atoms with E-state index in [9.17, 15) is 4.79 Å². The van der Waals surface area contributed by atoms with Gasteiger partial charge in [0.1, 0.15) is 24.4 Å². The van der Waals surface area contributed by atoms with Crippen LogP contribution in [-0.2, 0) is 43.6 Å². The van der Waals surface area contributed by atoms with Crippen molar-refractivity contribution in [2.75, 3.05) is 6.61 Å². The van der Waals surface area contributed by atoms with Crippen molar-refractivity contribution in [3.05, 3.63) is 108 Å². The monoisotopic (exact) mass is 432 g/mol. The van der Waals surface area contributed by atoms with Crippen LogP contribution >= 0.6 is 0 Å². The average Bonchev–Trinajstić information content (AvgIpc) is 3.19. The molecule has 5 nitrogen and oxygen atoms in total. The maximum absolute atomic E-state index is 11.8. The van der Waals surface area contributed by atoms with Gasteiger partial charge in [-0.2, -0.15) is 0 Å². The molecule has 0 spiro atoms. The molecule has 0 unspecified atom stereocenters. The van der Waals surface area contributed by atoms with E-state index in [4.69, 9.17) is 18.9 Å². The molecule has 4 rings (SSSR count). The van der Waals surface area contributed by atoms with Crippen LogP contribution in [0, 0.1) is 0 Å². The highest BCUT2D eigenvalue weighted by Gasteiger charge is 2.46. The van der Waals surface area contributed by atoms with Gasteiger partial charge in [-0.1, -0.05) is 91.0 Å². The van der Waals surface area contributed by atoms with Crippen molar-refractivity contribution in [3.8, 4) is 0 Å². The number of carbonyl (C=O) groups is 1. The Hall–Kier alpha value is -2.83. The molecular formula is C27H28O5. The summed E-state index contributed by atoms with van der Waals surface area (Å²) in [5.41, 5.74) is 3.16. The lowest BCUT2D eigenvalue weighted by Crippen LogP contribution is -2.39. The van der Waals surface area contributed by atoms with Gasteiger partial charge >= 0.3 is 0 Å². The number of carbonyl (C=O) groups excluding carboxylic acids is 1. The van der Waals surface area contributed by atoms with Crippen molar-refractivity contribution in [1.82, 2.24) is 0 Å². The van der Waals surface area contributed by atoms with Crippen LogP contribution < -0.4 is 0 Å². The predicted octanol–water partition coefficient (Wildman–Crippen LogP) is 4.34. The summed E-state index contributed by atoms with van der Waals surface area (Å²) in [5, 5.41) is 0. The van der Waals surface area contributed by atoms with E-state index in [1.165, 1.54) is 0 Å². The van der Waals surface area contributed by atoms with Crippen molar-refractivity contribution in [2.45, 2.75) is 44.2 Å². The van der Waals surface area contributed by atoms with Gasteiger partial charge in [-0.25, -0.2) is 0 Å². The van der Waals surface area contributed by atoms with E-state index >= 15 is 0 Å². The third-order valence-electron chi connectivity index (χ3n) is 5.44. The van der Waals surface area contributed by atoms with Crippen LogP contribution in [0.5, 0.6) is 0 Å². The minimum Gasteiger partial charge on any atom is -0.374 e. The van der Waals surface area contributed by atoms with Gasteiger partial charge < -0.3 is 23.7 Å². The van der Waals surface area contributed by atoms with Crippen molar-refractivity contribution in [1.29, 1.82) is 0 Å². The summed E-state index contributed by atoms with van der Waals surface area (Å²) in [6.45, 7) is 1.56. The van der Waals surface area contributed by atoms with Gasteiger partial charge in [-0.3, -0.25) is 0 Å². The Kier molecular flexibility index (Phi) is 8.17. The lowest BCUT2D eigenvalue weighted by Gasteiger charge is -2.24. The smallest absolute Gasteiger partial charge is 0.151 e. The van der Waals surface area contributed by atoms with Crippen LogP contribution in [0.4, 0.5) is 0 Å². The first-order valence-corrected chi connectivity index (χ1v) is 10.9. The van der Waals surface area contributed by atoms with Crippen LogP contribution in [0.25, 0.3) is 0 Å². The Balaban J connectivity index is 1.43. The summed E-state index contributed by atoms with van der Waals surface area (Å²) in [7, 11) is 0. The molecule has 0 radical (unpaired) electrons. The molecule has 0 saturated carbocycles. The Morgan fingerprint density at radius 3 is 1.62 bits per heavy atom. The second kappa shape index (κ2) is 11.7. The van der Waals surface area contributed by atoms with E-state index in [0.717, 1.165) is 23.0 Å².